The molecule has 0 amide bonds. The molecule has 0 aliphatic rings. The molecule has 0 aliphatic heterocycles. The van der Waals surface area contributed by atoms with Gasteiger partial charge in [0.25, 0.3) is 0 Å². The number of thiazole rings is 1. The molecule has 8 rings (SSSR count). The fourth-order valence-corrected chi connectivity index (χ4v) is 6.10. The lowest BCUT2D eigenvalue weighted by molar-refractivity contribution is 0.669. The summed E-state index contributed by atoms with van der Waals surface area (Å²) < 4.78 is 9.80. The summed E-state index contributed by atoms with van der Waals surface area (Å²) in [6.45, 7) is 0. The minimum atomic E-state index is 0.915. The third-order valence-electron chi connectivity index (χ3n) is 6.94. The first kappa shape index (κ1) is 19.0. The lowest BCUT2D eigenvalue weighted by Crippen LogP contribution is -1.96. The van der Waals surface area contributed by atoms with Crippen LogP contribution in [-0.4, -0.2) is 9.55 Å². The van der Waals surface area contributed by atoms with Crippen LogP contribution in [0.2, 0.25) is 0 Å². The van der Waals surface area contributed by atoms with Gasteiger partial charge in [-0.25, -0.2) is 4.98 Å². The standard InChI is InChI=1S/C31H18N2OS/c1-2-8-19(9-3-1)20-14-27(31-30(15-20)35-18-32-31)33-25-12-6-4-10-21(25)23-17-29-24(16-26(23)33)22-11-5-7-13-28(22)34-29/h1-18H. The van der Waals surface area contributed by atoms with Gasteiger partial charge in [-0.1, -0.05) is 66.7 Å². The highest BCUT2D eigenvalue weighted by atomic mass is 32.1. The van der Waals surface area contributed by atoms with Crippen LogP contribution in [0.25, 0.3) is 70.8 Å². The van der Waals surface area contributed by atoms with Crippen molar-refractivity contribution in [1.82, 2.24) is 9.55 Å². The monoisotopic (exact) mass is 466 g/mol. The number of hydrogen-bond donors (Lipinski definition) is 0. The zero-order valence-electron chi connectivity index (χ0n) is 18.6. The Morgan fingerprint density at radius 1 is 0.600 bits per heavy atom. The quantitative estimate of drug-likeness (QED) is 0.255. The molecular weight excluding hydrogens is 448 g/mol. The molecule has 0 spiro atoms. The van der Waals surface area contributed by atoms with Crippen molar-refractivity contribution in [2.75, 3.05) is 0 Å². The van der Waals surface area contributed by atoms with Gasteiger partial charge in [-0.3, -0.25) is 0 Å². The van der Waals surface area contributed by atoms with Crippen LogP contribution in [0.5, 0.6) is 0 Å². The zero-order valence-corrected chi connectivity index (χ0v) is 19.4. The lowest BCUT2D eigenvalue weighted by Gasteiger charge is -2.12. The van der Waals surface area contributed by atoms with E-state index in [1.165, 1.54) is 32.1 Å². The van der Waals surface area contributed by atoms with E-state index in [-0.39, 0.29) is 0 Å². The van der Waals surface area contributed by atoms with Crippen molar-refractivity contribution in [2.45, 2.75) is 0 Å². The molecule has 0 aliphatic carbocycles. The van der Waals surface area contributed by atoms with Gasteiger partial charge in [0.1, 0.15) is 16.7 Å². The first-order chi connectivity index (χ1) is 17.3. The fraction of sp³-hybridized carbons (Fsp3) is 0. The van der Waals surface area contributed by atoms with Crippen molar-refractivity contribution in [2.24, 2.45) is 0 Å². The molecule has 8 aromatic rings. The van der Waals surface area contributed by atoms with Gasteiger partial charge in [0.2, 0.25) is 0 Å². The molecule has 35 heavy (non-hydrogen) atoms. The number of fused-ring (bicyclic) bond motifs is 7. The van der Waals surface area contributed by atoms with E-state index < -0.39 is 0 Å². The topological polar surface area (TPSA) is 31.0 Å². The summed E-state index contributed by atoms with van der Waals surface area (Å²) >= 11 is 1.68. The molecule has 0 bridgehead atoms. The van der Waals surface area contributed by atoms with Gasteiger partial charge in [0.15, 0.2) is 0 Å². The smallest absolute Gasteiger partial charge is 0.136 e. The molecule has 5 aromatic carbocycles. The van der Waals surface area contributed by atoms with Gasteiger partial charge in [-0.05, 0) is 47.5 Å². The molecule has 4 heteroatoms. The third-order valence-corrected chi connectivity index (χ3v) is 7.71. The average Bonchev–Trinajstić information content (AvgIpc) is 3.61. The Hall–Kier alpha value is -4.41. The summed E-state index contributed by atoms with van der Waals surface area (Å²) in [6, 6.07) is 36.4. The number of rotatable bonds is 2. The minimum absolute atomic E-state index is 0.915. The number of benzene rings is 5. The van der Waals surface area contributed by atoms with Gasteiger partial charge < -0.3 is 8.98 Å². The molecule has 0 saturated heterocycles. The van der Waals surface area contributed by atoms with Crippen LogP contribution in [0.4, 0.5) is 0 Å². The van der Waals surface area contributed by atoms with Crippen molar-refractivity contribution in [1.29, 1.82) is 0 Å². The van der Waals surface area contributed by atoms with Gasteiger partial charge in [-0.15, -0.1) is 11.3 Å². The Labute approximate surface area is 204 Å². The molecule has 0 fully saturated rings. The van der Waals surface area contributed by atoms with E-state index in [9.17, 15) is 0 Å². The normalized spacial score (nSPS) is 12.0. The van der Waals surface area contributed by atoms with Crippen LogP contribution < -0.4 is 0 Å². The zero-order chi connectivity index (χ0) is 22.9. The second-order valence-corrected chi connectivity index (χ2v) is 9.76. The van der Waals surface area contributed by atoms with Gasteiger partial charge in [0, 0.05) is 21.5 Å². The molecule has 0 N–H and O–H groups in total. The van der Waals surface area contributed by atoms with E-state index in [1.807, 2.05) is 17.6 Å². The highest BCUT2D eigenvalue weighted by Gasteiger charge is 2.19. The van der Waals surface area contributed by atoms with E-state index in [0.29, 0.717) is 0 Å². The fourth-order valence-electron chi connectivity index (χ4n) is 5.36. The predicted molar refractivity (Wildman–Crippen MR) is 147 cm³/mol. The summed E-state index contributed by atoms with van der Waals surface area (Å²) in [5, 5.41) is 4.66. The van der Waals surface area contributed by atoms with Crippen molar-refractivity contribution in [3.63, 3.8) is 0 Å². The van der Waals surface area contributed by atoms with E-state index in [0.717, 1.165) is 38.7 Å². The van der Waals surface area contributed by atoms with E-state index in [2.05, 4.69) is 95.6 Å². The van der Waals surface area contributed by atoms with Crippen molar-refractivity contribution >= 4 is 65.3 Å². The Morgan fingerprint density at radius 2 is 1.40 bits per heavy atom. The summed E-state index contributed by atoms with van der Waals surface area (Å²) in [5.74, 6) is 0. The van der Waals surface area contributed by atoms with Crippen molar-refractivity contribution in [3.05, 3.63) is 109 Å². The molecular formula is C31H18N2OS. The number of hydrogen-bond acceptors (Lipinski definition) is 3. The lowest BCUT2D eigenvalue weighted by atomic mass is 10.0. The number of para-hydroxylation sites is 2. The summed E-state index contributed by atoms with van der Waals surface area (Å²) in [6.07, 6.45) is 0. The minimum Gasteiger partial charge on any atom is -0.456 e. The second-order valence-electron chi connectivity index (χ2n) is 8.88. The Morgan fingerprint density at radius 3 is 2.31 bits per heavy atom. The van der Waals surface area contributed by atoms with E-state index in [4.69, 9.17) is 9.40 Å². The Kier molecular flexibility index (Phi) is 3.82. The molecule has 3 heterocycles. The highest BCUT2D eigenvalue weighted by molar-refractivity contribution is 7.16. The maximum Gasteiger partial charge on any atom is 0.136 e. The SMILES string of the molecule is c1ccc(-c2cc(-n3c4ccccc4c4cc5oc6ccccc6c5cc43)c3ncsc3c2)cc1. The Balaban J connectivity index is 1.55. The van der Waals surface area contributed by atoms with Crippen LogP contribution in [-0.2, 0) is 0 Å². The highest BCUT2D eigenvalue weighted by Crippen LogP contribution is 2.40. The molecule has 0 unspecified atom stereocenters. The third kappa shape index (κ3) is 2.69. The van der Waals surface area contributed by atoms with Crippen LogP contribution in [0.3, 0.4) is 0 Å². The van der Waals surface area contributed by atoms with Crippen LogP contribution in [0.15, 0.2) is 113 Å². The average molecular weight is 467 g/mol. The number of nitrogens with zero attached hydrogens (tertiary/aromatic N) is 2. The largest absolute Gasteiger partial charge is 0.456 e. The maximum absolute atomic E-state index is 6.24. The van der Waals surface area contributed by atoms with Crippen molar-refractivity contribution in [3.8, 4) is 16.8 Å². The van der Waals surface area contributed by atoms with E-state index in [1.54, 1.807) is 11.3 Å². The van der Waals surface area contributed by atoms with Crippen molar-refractivity contribution < 1.29 is 4.42 Å². The molecule has 3 aromatic heterocycles. The maximum atomic E-state index is 6.24. The van der Waals surface area contributed by atoms with Crippen LogP contribution >= 0.6 is 11.3 Å². The number of furan rings is 1. The molecule has 0 atom stereocenters. The summed E-state index contributed by atoms with van der Waals surface area (Å²) in [4.78, 5) is 4.80. The van der Waals surface area contributed by atoms with E-state index >= 15 is 0 Å². The van der Waals surface area contributed by atoms with Gasteiger partial charge >= 0.3 is 0 Å². The number of aromatic nitrogens is 2. The molecule has 0 radical (unpaired) electrons. The van der Waals surface area contributed by atoms with Crippen LogP contribution in [0.1, 0.15) is 0 Å². The first-order valence-corrected chi connectivity index (χ1v) is 12.5. The first-order valence-electron chi connectivity index (χ1n) is 11.6. The summed E-state index contributed by atoms with van der Waals surface area (Å²) in [7, 11) is 0. The Bertz CT molecular complexity index is 2060. The molecule has 164 valence electrons. The predicted octanol–water partition coefficient (Wildman–Crippen LogP) is 8.96. The summed E-state index contributed by atoms with van der Waals surface area (Å²) in [5.41, 5.74) is 10.6. The molecule has 0 saturated carbocycles. The van der Waals surface area contributed by atoms with Crippen LogP contribution in [0, 0.1) is 0 Å². The van der Waals surface area contributed by atoms with Gasteiger partial charge in [-0.2, -0.15) is 0 Å². The second kappa shape index (κ2) is 7.05. The van der Waals surface area contributed by atoms with Gasteiger partial charge in [0.05, 0.1) is 26.9 Å². The molecule has 3 nitrogen and oxygen atoms in total.